The number of hydrogen-bond donors (Lipinski definition) is 0. The summed E-state index contributed by atoms with van der Waals surface area (Å²) in [5.74, 6) is 0.183. The first kappa shape index (κ1) is 20.3. The minimum Gasteiger partial charge on any atom is -0.366 e. The van der Waals surface area contributed by atoms with E-state index in [0.717, 1.165) is 36.7 Å². The van der Waals surface area contributed by atoms with Crippen LogP contribution in [0.4, 0.5) is 10.5 Å². The molecule has 0 saturated carbocycles. The Labute approximate surface area is 170 Å². The fourth-order valence-corrected chi connectivity index (χ4v) is 5.36. The van der Waals surface area contributed by atoms with Crippen LogP contribution in [0.5, 0.6) is 0 Å². The van der Waals surface area contributed by atoms with Gasteiger partial charge in [-0.25, -0.2) is 0 Å². The van der Waals surface area contributed by atoms with E-state index in [1.807, 2.05) is 13.0 Å². The van der Waals surface area contributed by atoms with Crippen LogP contribution in [-0.2, 0) is 4.79 Å². The van der Waals surface area contributed by atoms with Crippen molar-refractivity contribution < 1.29 is 9.59 Å². The van der Waals surface area contributed by atoms with Crippen LogP contribution < -0.4 is 4.90 Å². The lowest BCUT2D eigenvalue weighted by atomic mass is 9.79. The van der Waals surface area contributed by atoms with Crippen molar-refractivity contribution in [3.63, 3.8) is 0 Å². The van der Waals surface area contributed by atoms with Crippen LogP contribution in [0.3, 0.4) is 0 Å². The zero-order valence-corrected chi connectivity index (χ0v) is 18.2. The molecule has 1 aromatic carbocycles. The highest BCUT2D eigenvalue weighted by molar-refractivity contribution is 8.18. The summed E-state index contributed by atoms with van der Waals surface area (Å²) in [5.41, 5.74) is 3.30. The Morgan fingerprint density at radius 1 is 1.30 bits per heavy atom. The van der Waals surface area contributed by atoms with Crippen molar-refractivity contribution in [3.8, 4) is 0 Å². The van der Waals surface area contributed by atoms with Crippen LogP contribution in [0.1, 0.15) is 64.5 Å². The fourth-order valence-electron chi connectivity index (χ4n) is 4.29. The van der Waals surface area contributed by atoms with Gasteiger partial charge in [-0.15, -0.1) is 0 Å². The molecule has 0 bridgehead atoms. The van der Waals surface area contributed by atoms with Gasteiger partial charge in [0.2, 0.25) is 0 Å². The SMILES string of the molecule is CCCN1C(=O)S/C(=C/c2cc3c(cc2Cl)N(CC)C(C)(C)CC3C)C1=O. The molecule has 1 fully saturated rings. The minimum absolute atomic E-state index is 0.0782. The summed E-state index contributed by atoms with van der Waals surface area (Å²) in [6, 6.07) is 4.11. The first-order valence-electron chi connectivity index (χ1n) is 9.56. The summed E-state index contributed by atoms with van der Waals surface area (Å²) in [6.07, 6.45) is 3.58. The number of amides is 2. The van der Waals surface area contributed by atoms with E-state index in [1.54, 1.807) is 6.08 Å². The van der Waals surface area contributed by atoms with Crippen molar-refractivity contribution in [3.05, 3.63) is 33.2 Å². The molecule has 3 rings (SSSR count). The Morgan fingerprint density at radius 3 is 2.63 bits per heavy atom. The lowest BCUT2D eigenvalue weighted by Crippen LogP contribution is -2.48. The summed E-state index contributed by atoms with van der Waals surface area (Å²) in [7, 11) is 0. The standard InChI is InChI=1S/C21H27ClN2O2S/c1-6-8-23-19(25)18(27-20(23)26)10-14-9-15-13(3)12-21(4,5)24(7-2)17(15)11-16(14)22/h9-11,13H,6-8,12H2,1-5H3/b18-10+. The van der Waals surface area contributed by atoms with E-state index < -0.39 is 0 Å². The Bertz CT molecular complexity index is 819. The van der Waals surface area contributed by atoms with Crippen LogP contribution in [0.15, 0.2) is 17.0 Å². The van der Waals surface area contributed by atoms with E-state index in [2.05, 4.69) is 38.7 Å². The normalized spacial score (nSPS) is 23.3. The molecule has 1 aromatic rings. The Balaban J connectivity index is 2.02. The number of carbonyl (C=O) groups excluding carboxylic acids is 2. The lowest BCUT2D eigenvalue weighted by molar-refractivity contribution is -0.122. The summed E-state index contributed by atoms with van der Waals surface area (Å²) in [5, 5.41) is 0.411. The van der Waals surface area contributed by atoms with Gasteiger partial charge >= 0.3 is 0 Å². The van der Waals surface area contributed by atoms with Crippen molar-refractivity contribution in [1.29, 1.82) is 0 Å². The Kier molecular flexibility index (Phi) is 5.64. The van der Waals surface area contributed by atoms with Gasteiger partial charge < -0.3 is 4.90 Å². The van der Waals surface area contributed by atoms with Crippen LogP contribution in [-0.4, -0.2) is 34.7 Å². The summed E-state index contributed by atoms with van der Waals surface area (Å²) in [6.45, 7) is 12.3. The summed E-state index contributed by atoms with van der Waals surface area (Å²) >= 11 is 7.59. The predicted octanol–water partition coefficient (Wildman–Crippen LogP) is 5.90. The molecule has 0 spiro atoms. The highest BCUT2D eigenvalue weighted by Crippen LogP contribution is 2.45. The number of nitrogens with zero attached hydrogens (tertiary/aromatic N) is 2. The van der Waals surface area contributed by atoms with Crippen molar-refractivity contribution >= 4 is 46.3 Å². The maximum Gasteiger partial charge on any atom is 0.293 e. The van der Waals surface area contributed by atoms with Gasteiger partial charge in [-0.3, -0.25) is 14.5 Å². The van der Waals surface area contributed by atoms with Crippen molar-refractivity contribution in [2.75, 3.05) is 18.0 Å². The Morgan fingerprint density at radius 2 is 2.00 bits per heavy atom. The molecule has 0 aliphatic carbocycles. The van der Waals surface area contributed by atoms with Crippen molar-refractivity contribution in [1.82, 2.24) is 4.90 Å². The highest BCUT2D eigenvalue weighted by atomic mass is 35.5. The molecule has 2 aliphatic heterocycles. The van der Waals surface area contributed by atoms with E-state index >= 15 is 0 Å². The van der Waals surface area contributed by atoms with E-state index in [1.165, 1.54) is 16.2 Å². The van der Waals surface area contributed by atoms with Gasteiger partial charge in [-0.2, -0.15) is 0 Å². The molecule has 0 N–H and O–H groups in total. The summed E-state index contributed by atoms with van der Waals surface area (Å²) < 4.78 is 0. The van der Waals surface area contributed by atoms with Gasteiger partial charge in [0.25, 0.3) is 11.1 Å². The molecule has 1 saturated heterocycles. The first-order valence-corrected chi connectivity index (χ1v) is 10.8. The smallest absolute Gasteiger partial charge is 0.293 e. The molecular weight excluding hydrogens is 380 g/mol. The molecule has 0 aromatic heterocycles. The number of halogens is 1. The minimum atomic E-state index is -0.218. The molecule has 1 unspecified atom stereocenters. The number of thioether (sulfide) groups is 1. The molecule has 27 heavy (non-hydrogen) atoms. The molecular formula is C21H27ClN2O2S. The second-order valence-electron chi connectivity index (χ2n) is 7.93. The molecule has 0 radical (unpaired) electrons. The predicted molar refractivity (Wildman–Crippen MR) is 115 cm³/mol. The maximum absolute atomic E-state index is 12.5. The molecule has 6 heteroatoms. The molecule has 2 aliphatic rings. The molecule has 1 atom stereocenters. The largest absolute Gasteiger partial charge is 0.366 e. The number of hydrogen-bond acceptors (Lipinski definition) is 4. The third-order valence-corrected chi connectivity index (χ3v) is 6.66. The van der Waals surface area contributed by atoms with Gasteiger partial charge in [0.05, 0.1) is 4.91 Å². The zero-order valence-electron chi connectivity index (χ0n) is 16.6. The number of carbonyl (C=O) groups is 2. The van der Waals surface area contributed by atoms with Gasteiger partial charge in [-0.1, -0.05) is 25.4 Å². The number of benzene rings is 1. The Hall–Kier alpha value is -1.46. The molecule has 146 valence electrons. The number of rotatable bonds is 4. The van der Waals surface area contributed by atoms with Gasteiger partial charge in [0.1, 0.15) is 0 Å². The van der Waals surface area contributed by atoms with E-state index in [0.29, 0.717) is 22.4 Å². The van der Waals surface area contributed by atoms with Gasteiger partial charge in [0, 0.05) is 29.3 Å². The number of fused-ring (bicyclic) bond motifs is 1. The van der Waals surface area contributed by atoms with E-state index in [4.69, 9.17) is 11.6 Å². The van der Waals surface area contributed by atoms with Crippen molar-refractivity contribution in [2.24, 2.45) is 0 Å². The van der Waals surface area contributed by atoms with Crippen LogP contribution in [0.2, 0.25) is 5.02 Å². The second-order valence-corrected chi connectivity index (χ2v) is 9.33. The van der Waals surface area contributed by atoms with E-state index in [-0.39, 0.29) is 16.7 Å². The zero-order chi connectivity index (χ0) is 19.9. The fraction of sp³-hybridized carbons (Fsp3) is 0.524. The van der Waals surface area contributed by atoms with Crippen LogP contribution in [0.25, 0.3) is 6.08 Å². The van der Waals surface area contributed by atoms with Gasteiger partial charge in [0.15, 0.2) is 0 Å². The van der Waals surface area contributed by atoms with Crippen molar-refractivity contribution in [2.45, 2.75) is 58.9 Å². The first-order chi connectivity index (χ1) is 12.7. The molecule has 2 heterocycles. The quantitative estimate of drug-likeness (QED) is 0.584. The topological polar surface area (TPSA) is 40.6 Å². The highest BCUT2D eigenvalue weighted by Gasteiger charge is 2.37. The number of imide groups is 1. The molecule has 4 nitrogen and oxygen atoms in total. The van der Waals surface area contributed by atoms with Crippen LogP contribution >= 0.6 is 23.4 Å². The number of anilines is 1. The van der Waals surface area contributed by atoms with Gasteiger partial charge in [-0.05, 0) is 80.6 Å². The average Bonchev–Trinajstić information content (AvgIpc) is 2.84. The lowest BCUT2D eigenvalue weighted by Gasteiger charge is -2.47. The third-order valence-electron chi connectivity index (χ3n) is 5.43. The van der Waals surface area contributed by atoms with E-state index in [9.17, 15) is 9.59 Å². The maximum atomic E-state index is 12.5. The monoisotopic (exact) mass is 406 g/mol. The van der Waals surface area contributed by atoms with Crippen LogP contribution in [0, 0.1) is 0 Å². The third kappa shape index (κ3) is 3.64. The average molecular weight is 407 g/mol. The summed E-state index contributed by atoms with van der Waals surface area (Å²) in [4.78, 5) is 28.8. The second kappa shape index (κ2) is 7.51. The molecule has 2 amide bonds.